The van der Waals surface area contributed by atoms with E-state index in [1.165, 1.54) is 0 Å². The summed E-state index contributed by atoms with van der Waals surface area (Å²) >= 11 is 0. The highest BCUT2D eigenvalue weighted by molar-refractivity contribution is 5.44. The van der Waals surface area contributed by atoms with Gasteiger partial charge < -0.3 is 20.1 Å². The van der Waals surface area contributed by atoms with E-state index in [0.29, 0.717) is 6.54 Å². The molecule has 0 saturated carbocycles. The highest BCUT2D eigenvalue weighted by atomic mass is 16.5. The molecule has 1 fully saturated rings. The number of nitrogens with two attached hydrogens (primary N) is 1. The second-order valence-corrected chi connectivity index (χ2v) is 3.98. The molecule has 0 aliphatic carbocycles. The number of ether oxygens (including phenoxy) is 2. The van der Waals surface area contributed by atoms with Gasteiger partial charge in [0.15, 0.2) is 5.82 Å². The molecule has 2 atom stereocenters. The molecule has 2 N–H and O–H groups in total. The number of anilines is 1. The average molecular weight is 238 g/mol. The molecule has 2 unspecified atom stereocenters. The van der Waals surface area contributed by atoms with Gasteiger partial charge in [-0.25, -0.2) is 4.98 Å². The summed E-state index contributed by atoms with van der Waals surface area (Å²) in [5, 5.41) is 0. The summed E-state index contributed by atoms with van der Waals surface area (Å²) in [4.78, 5) is 10.7. The Morgan fingerprint density at radius 2 is 1.82 bits per heavy atom. The smallest absolute Gasteiger partial charge is 0.151 e. The van der Waals surface area contributed by atoms with Gasteiger partial charge in [-0.3, -0.25) is 4.98 Å². The molecule has 2 rings (SSSR count). The SMILES string of the molecule is COC1CN(c2nccnc2CN)CC1OC. The zero-order valence-electron chi connectivity index (χ0n) is 10.2. The van der Waals surface area contributed by atoms with Crippen LogP contribution in [0.25, 0.3) is 0 Å². The van der Waals surface area contributed by atoms with Gasteiger partial charge in [0.05, 0.1) is 5.69 Å². The van der Waals surface area contributed by atoms with Crippen LogP contribution in [0.5, 0.6) is 0 Å². The first-order valence-electron chi connectivity index (χ1n) is 5.60. The van der Waals surface area contributed by atoms with E-state index in [0.717, 1.165) is 24.6 Å². The fraction of sp³-hybridized carbons (Fsp3) is 0.636. The van der Waals surface area contributed by atoms with E-state index in [4.69, 9.17) is 15.2 Å². The van der Waals surface area contributed by atoms with Crippen molar-refractivity contribution in [3.05, 3.63) is 18.1 Å². The lowest BCUT2D eigenvalue weighted by molar-refractivity contribution is -0.00461. The van der Waals surface area contributed by atoms with E-state index in [2.05, 4.69) is 14.9 Å². The number of hydrogen-bond donors (Lipinski definition) is 1. The molecule has 1 saturated heterocycles. The number of nitrogens with zero attached hydrogens (tertiary/aromatic N) is 3. The summed E-state index contributed by atoms with van der Waals surface area (Å²) < 4.78 is 10.8. The van der Waals surface area contributed by atoms with Gasteiger partial charge >= 0.3 is 0 Å². The summed E-state index contributed by atoms with van der Waals surface area (Å²) in [6.45, 7) is 1.89. The van der Waals surface area contributed by atoms with Gasteiger partial charge in [0.1, 0.15) is 12.2 Å². The van der Waals surface area contributed by atoms with Crippen molar-refractivity contribution in [2.75, 3.05) is 32.2 Å². The lowest BCUT2D eigenvalue weighted by atomic mass is 10.3. The molecule has 2 heterocycles. The fourth-order valence-electron chi connectivity index (χ4n) is 2.14. The molecule has 17 heavy (non-hydrogen) atoms. The third-order valence-corrected chi connectivity index (χ3v) is 3.07. The zero-order chi connectivity index (χ0) is 12.3. The molecular formula is C11H18N4O2. The number of aromatic nitrogens is 2. The summed E-state index contributed by atoms with van der Waals surface area (Å²) in [5.41, 5.74) is 6.47. The maximum Gasteiger partial charge on any atom is 0.151 e. The van der Waals surface area contributed by atoms with E-state index in [-0.39, 0.29) is 12.2 Å². The van der Waals surface area contributed by atoms with Crippen molar-refractivity contribution in [2.24, 2.45) is 5.73 Å². The second-order valence-electron chi connectivity index (χ2n) is 3.98. The Balaban J connectivity index is 2.18. The molecule has 0 bridgehead atoms. The number of methoxy groups -OCH3 is 2. The minimum atomic E-state index is 0.0626. The Hall–Kier alpha value is -1.24. The van der Waals surface area contributed by atoms with Crippen molar-refractivity contribution in [1.82, 2.24) is 9.97 Å². The highest BCUT2D eigenvalue weighted by Gasteiger charge is 2.34. The summed E-state index contributed by atoms with van der Waals surface area (Å²) in [6.07, 6.45) is 3.46. The van der Waals surface area contributed by atoms with Crippen LogP contribution in [0.1, 0.15) is 5.69 Å². The Labute approximate surface area is 101 Å². The molecule has 0 radical (unpaired) electrons. The van der Waals surface area contributed by atoms with Crippen molar-refractivity contribution in [1.29, 1.82) is 0 Å². The Morgan fingerprint density at radius 1 is 1.24 bits per heavy atom. The molecule has 1 aromatic rings. The first-order valence-corrected chi connectivity index (χ1v) is 5.60. The van der Waals surface area contributed by atoms with Crippen LogP contribution >= 0.6 is 0 Å². The van der Waals surface area contributed by atoms with Gasteiger partial charge in [-0.2, -0.15) is 0 Å². The van der Waals surface area contributed by atoms with E-state index in [1.807, 2.05) is 0 Å². The third kappa shape index (κ3) is 2.38. The number of hydrogen-bond acceptors (Lipinski definition) is 6. The van der Waals surface area contributed by atoms with Gasteiger partial charge in [0, 0.05) is 46.2 Å². The van der Waals surface area contributed by atoms with Crippen molar-refractivity contribution < 1.29 is 9.47 Å². The third-order valence-electron chi connectivity index (χ3n) is 3.07. The van der Waals surface area contributed by atoms with Crippen LogP contribution in [0, 0.1) is 0 Å². The van der Waals surface area contributed by atoms with Crippen molar-refractivity contribution in [3.8, 4) is 0 Å². The highest BCUT2D eigenvalue weighted by Crippen LogP contribution is 2.23. The Morgan fingerprint density at radius 3 is 2.35 bits per heavy atom. The minimum absolute atomic E-state index is 0.0626. The van der Waals surface area contributed by atoms with Gasteiger partial charge in [0.2, 0.25) is 0 Å². The van der Waals surface area contributed by atoms with Crippen LogP contribution in [-0.2, 0) is 16.0 Å². The van der Waals surface area contributed by atoms with Crippen LogP contribution in [0.2, 0.25) is 0 Å². The summed E-state index contributed by atoms with van der Waals surface area (Å²) in [6, 6.07) is 0. The van der Waals surface area contributed by atoms with Crippen LogP contribution < -0.4 is 10.6 Å². The lowest BCUT2D eigenvalue weighted by Gasteiger charge is -2.18. The molecule has 0 amide bonds. The van der Waals surface area contributed by atoms with Crippen LogP contribution in [0.15, 0.2) is 12.4 Å². The van der Waals surface area contributed by atoms with Crippen LogP contribution in [-0.4, -0.2) is 49.5 Å². The average Bonchev–Trinajstić information content (AvgIpc) is 2.81. The summed E-state index contributed by atoms with van der Waals surface area (Å²) in [5.74, 6) is 0.830. The number of rotatable bonds is 4. The predicted molar refractivity (Wildman–Crippen MR) is 63.7 cm³/mol. The topological polar surface area (TPSA) is 73.5 Å². The quantitative estimate of drug-likeness (QED) is 0.782. The monoisotopic (exact) mass is 238 g/mol. The normalized spacial score (nSPS) is 24.3. The van der Waals surface area contributed by atoms with Crippen LogP contribution in [0.4, 0.5) is 5.82 Å². The minimum Gasteiger partial charge on any atom is -0.377 e. The largest absolute Gasteiger partial charge is 0.377 e. The molecular weight excluding hydrogens is 220 g/mol. The first-order chi connectivity index (χ1) is 8.30. The second kappa shape index (κ2) is 5.39. The van der Waals surface area contributed by atoms with Crippen molar-refractivity contribution in [2.45, 2.75) is 18.8 Å². The van der Waals surface area contributed by atoms with Gasteiger partial charge in [-0.05, 0) is 0 Å². The Bertz CT molecular complexity index is 362. The molecule has 6 heteroatoms. The Kier molecular flexibility index (Phi) is 3.88. The van der Waals surface area contributed by atoms with Gasteiger partial charge in [-0.15, -0.1) is 0 Å². The van der Waals surface area contributed by atoms with Crippen LogP contribution in [0.3, 0.4) is 0 Å². The zero-order valence-corrected chi connectivity index (χ0v) is 10.2. The molecule has 0 spiro atoms. The van der Waals surface area contributed by atoms with Crippen molar-refractivity contribution in [3.63, 3.8) is 0 Å². The summed E-state index contributed by atoms with van der Waals surface area (Å²) in [7, 11) is 3.39. The maximum atomic E-state index is 5.66. The van der Waals surface area contributed by atoms with Crippen molar-refractivity contribution >= 4 is 5.82 Å². The first kappa shape index (κ1) is 12.2. The molecule has 6 nitrogen and oxygen atoms in total. The van der Waals surface area contributed by atoms with Gasteiger partial charge in [-0.1, -0.05) is 0 Å². The molecule has 94 valence electrons. The van der Waals surface area contributed by atoms with Gasteiger partial charge in [0.25, 0.3) is 0 Å². The molecule has 1 aliphatic heterocycles. The maximum absolute atomic E-state index is 5.66. The standard InChI is InChI=1S/C11H18N4O2/c1-16-9-6-15(7-10(9)17-2)11-8(5-12)13-3-4-14-11/h3-4,9-10H,5-7,12H2,1-2H3. The van der Waals surface area contributed by atoms with E-state index >= 15 is 0 Å². The molecule has 1 aliphatic rings. The lowest BCUT2D eigenvalue weighted by Crippen LogP contribution is -2.27. The van der Waals surface area contributed by atoms with E-state index in [9.17, 15) is 0 Å². The molecule has 1 aromatic heterocycles. The van der Waals surface area contributed by atoms with E-state index < -0.39 is 0 Å². The predicted octanol–water partition coefficient (Wildman–Crippen LogP) is -0.215. The fourth-order valence-corrected chi connectivity index (χ4v) is 2.14. The van der Waals surface area contributed by atoms with E-state index in [1.54, 1.807) is 26.6 Å². The molecule has 0 aromatic carbocycles.